The molecule has 1 aromatic heterocycles. The van der Waals surface area contributed by atoms with E-state index in [1.54, 1.807) is 12.1 Å². The van der Waals surface area contributed by atoms with Crippen LogP contribution in [0.1, 0.15) is 40.3 Å². The Kier molecular flexibility index (Phi) is 4.59. The molecule has 4 nitrogen and oxygen atoms in total. The Labute approximate surface area is 131 Å². The van der Waals surface area contributed by atoms with Crippen LogP contribution in [0.15, 0.2) is 40.8 Å². The molecule has 0 saturated carbocycles. The Hall–Kier alpha value is -2.07. The molecule has 0 atom stereocenters. The minimum absolute atomic E-state index is 0.163. The molecule has 1 amide bonds. The summed E-state index contributed by atoms with van der Waals surface area (Å²) < 4.78 is 5.35. The summed E-state index contributed by atoms with van der Waals surface area (Å²) in [6.07, 6.45) is 2.58. The summed E-state index contributed by atoms with van der Waals surface area (Å²) in [6, 6.07) is 11.8. The minimum atomic E-state index is -0.163. The Balaban J connectivity index is 1.63. The number of likely N-dealkylation sites (tertiary alicyclic amines) is 1. The van der Waals surface area contributed by atoms with Crippen LogP contribution in [-0.4, -0.2) is 23.9 Å². The van der Waals surface area contributed by atoms with Crippen molar-refractivity contribution in [1.82, 2.24) is 10.2 Å². The first-order chi connectivity index (χ1) is 10.7. The topological polar surface area (TPSA) is 45.5 Å². The molecule has 0 unspecified atom stereocenters. The first-order valence-electron chi connectivity index (χ1n) is 7.86. The second-order valence-electron chi connectivity index (χ2n) is 5.84. The van der Waals surface area contributed by atoms with Gasteiger partial charge in [-0.1, -0.05) is 24.3 Å². The lowest BCUT2D eigenvalue weighted by molar-refractivity contribution is 0.0921. The average molecular weight is 298 g/mol. The van der Waals surface area contributed by atoms with Gasteiger partial charge in [0.15, 0.2) is 5.76 Å². The molecule has 1 aliphatic heterocycles. The van der Waals surface area contributed by atoms with E-state index in [-0.39, 0.29) is 5.91 Å². The number of carbonyl (C=O) groups is 1. The number of nitrogens with zero attached hydrogens (tertiary/aromatic N) is 1. The van der Waals surface area contributed by atoms with Crippen LogP contribution in [-0.2, 0) is 13.1 Å². The van der Waals surface area contributed by atoms with Crippen molar-refractivity contribution in [3.63, 3.8) is 0 Å². The third-order valence-corrected chi connectivity index (χ3v) is 4.11. The largest absolute Gasteiger partial charge is 0.456 e. The number of benzene rings is 1. The summed E-state index contributed by atoms with van der Waals surface area (Å²) in [4.78, 5) is 14.5. The van der Waals surface area contributed by atoms with Crippen molar-refractivity contribution < 1.29 is 9.21 Å². The van der Waals surface area contributed by atoms with Gasteiger partial charge >= 0.3 is 0 Å². The highest BCUT2D eigenvalue weighted by molar-refractivity contribution is 5.91. The van der Waals surface area contributed by atoms with Crippen molar-refractivity contribution in [3.05, 3.63) is 59.0 Å². The van der Waals surface area contributed by atoms with Crippen molar-refractivity contribution in [2.75, 3.05) is 13.1 Å². The van der Waals surface area contributed by atoms with E-state index in [0.29, 0.717) is 12.3 Å². The molecule has 2 aromatic rings. The molecule has 3 rings (SSSR count). The zero-order chi connectivity index (χ0) is 15.4. The molecule has 22 heavy (non-hydrogen) atoms. The second-order valence-corrected chi connectivity index (χ2v) is 5.84. The van der Waals surface area contributed by atoms with Crippen molar-refractivity contribution in [2.45, 2.75) is 32.9 Å². The highest BCUT2D eigenvalue weighted by atomic mass is 16.3. The Bertz CT molecular complexity index is 642. The first-order valence-corrected chi connectivity index (χ1v) is 7.86. The maximum atomic E-state index is 12.1. The van der Waals surface area contributed by atoms with Gasteiger partial charge in [-0.3, -0.25) is 9.69 Å². The van der Waals surface area contributed by atoms with Gasteiger partial charge in [0, 0.05) is 13.1 Å². The molecular weight excluding hydrogens is 276 g/mol. The first kappa shape index (κ1) is 14.9. The van der Waals surface area contributed by atoms with Crippen LogP contribution in [0, 0.1) is 6.92 Å². The SMILES string of the molecule is Cc1ccc(C(=O)NCc2ccccc2CN2CCCC2)o1. The molecule has 0 radical (unpaired) electrons. The van der Waals surface area contributed by atoms with Crippen LogP contribution in [0.3, 0.4) is 0 Å². The van der Waals surface area contributed by atoms with Crippen LogP contribution >= 0.6 is 0 Å². The monoisotopic (exact) mass is 298 g/mol. The zero-order valence-corrected chi connectivity index (χ0v) is 13.0. The Morgan fingerprint density at radius 3 is 2.55 bits per heavy atom. The number of hydrogen-bond acceptors (Lipinski definition) is 3. The molecule has 1 N–H and O–H groups in total. The normalized spacial score (nSPS) is 15.1. The summed E-state index contributed by atoms with van der Waals surface area (Å²) >= 11 is 0. The van der Waals surface area contributed by atoms with E-state index >= 15 is 0 Å². The fraction of sp³-hybridized carbons (Fsp3) is 0.389. The van der Waals surface area contributed by atoms with Gasteiger partial charge in [-0.15, -0.1) is 0 Å². The van der Waals surface area contributed by atoms with Gasteiger partial charge in [-0.2, -0.15) is 0 Å². The van der Waals surface area contributed by atoms with Crippen molar-refractivity contribution in [1.29, 1.82) is 0 Å². The van der Waals surface area contributed by atoms with E-state index in [9.17, 15) is 4.79 Å². The summed E-state index contributed by atoms with van der Waals surface area (Å²) in [5.41, 5.74) is 2.46. The van der Waals surface area contributed by atoms with E-state index in [1.807, 2.05) is 13.0 Å². The molecule has 4 heteroatoms. The van der Waals surface area contributed by atoms with Crippen LogP contribution in [0.4, 0.5) is 0 Å². The predicted octanol–water partition coefficient (Wildman–Crippen LogP) is 3.11. The van der Waals surface area contributed by atoms with Crippen molar-refractivity contribution >= 4 is 5.91 Å². The lowest BCUT2D eigenvalue weighted by Crippen LogP contribution is -2.24. The summed E-state index contributed by atoms with van der Waals surface area (Å²) in [5, 5.41) is 2.94. The number of hydrogen-bond donors (Lipinski definition) is 1. The molecule has 116 valence electrons. The molecule has 1 aromatic carbocycles. The second kappa shape index (κ2) is 6.79. The molecule has 1 saturated heterocycles. The van der Waals surface area contributed by atoms with Gasteiger partial charge in [-0.25, -0.2) is 0 Å². The molecule has 0 bridgehead atoms. The number of carbonyl (C=O) groups excluding carboxylic acids is 1. The van der Waals surface area contributed by atoms with E-state index in [2.05, 4.69) is 28.4 Å². The van der Waals surface area contributed by atoms with E-state index in [0.717, 1.165) is 12.3 Å². The molecule has 0 spiro atoms. The fourth-order valence-corrected chi connectivity index (χ4v) is 2.89. The van der Waals surface area contributed by atoms with Gasteiger partial charge in [0.05, 0.1) is 0 Å². The van der Waals surface area contributed by atoms with E-state index in [1.165, 1.54) is 37.1 Å². The number of rotatable bonds is 5. The van der Waals surface area contributed by atoms with Crippen LogP contribution in [0.2, 0.25) is 0 Å². The van der Waals surface area contributed by atoms with Gasteiger partial charge in [0.1, 0.15) is 5.76 Å². The van der Waals surface area contributed by atoms with Crippen LogP contribution in [0.5, 0.6) is 0 Å². The van der Waals surface area contributed by atoms with E-state index < -0.39 is 0 Å². The Morgan fingerprint density at radius 1 is 1.14 bits per heavy atom. The maximum absolute atomic E-state index is 12.1. The summed E-state index contributed by atoms with van der Waals surface area (Å²) in [5.74, 6) is 0.957. The fourth-order valence-electron chi connectivity index (χ4n) is 2.89. The van der Waals surface area contributed by atoms with Crippen molar-refractivity contribution in [3.8, 4) is 0 Å². The molecule has 1 aliphatic rings. The zero-order valence-electron chi connectivity index (χ0n) is 13.0. The minimum Gasteiger partial charge on any atom is -0.456 e. The third kappa shape index (κ3) is 3.57. The number of furan rings is 1. The lowest BCUT2D eigenvalue weighted by atomic mass is 10.1. The summed E-state index contributed by atoms with van der Waals surface area (Å²) in [7, 11) is 0. The quantitative estimate of drug-likeness (QED) is 0.922. The van der Waals surface area contributed by atoms with Crippen LogP contribution < -0.4 is 5.32 Å². The highest BCUT2D eigenvalue weighted by Gasteiger charge is 2.14. The Morgan fingerprint density at radius 2 is 1.86 bits per heavy atom. The highest BCUT2D eigenvalue weighted by Crippen LogP contribution is 2.16. The lowest BCUT2D eigenvalue weighted by Gasteiger charge is -2.17. The molecule has 2 heterocycles. The van der Waals surface area contributed by atoms with Gasteiger partial charge in [0.2, 0.25) is 0 Å². The van der Waals surface area contributed by atoms with Gasteiger partial charge < -0.3 is 9.73 Å². The third-order valence-electron chi connectivity index (χ3n) is 4.11. The standard InChI is InChI=1S/C18H22N2O2/c1-14-8-9-17(22-14)18(21)19-12-15-6-2-3-7-16(15)13-20-10-4-5-11-20/h2-3,6-9H,4-5,10-13H2,1H3,(H,19,21). The van der Waals surface area contributed by atoms with Crippen LogP contribution in [0.25, 0.3) is 0 Å². The molecular formula is C18H22N2O2. The van der Waals surface area contributed by atoms with Gasteiger partial charge in [-0.05, 0) is 56.1 Å². The summed E-state index contributed by atoms with van der Waals surface area (Å²) in [6.45, 7) is 5.68. The average Bonchev–Trinajstić information content (AvgIpc) is 3.18. The van der Waals surface area contributed by atoms with Gasteiger partial charge in [0.25, 0.3) is 5.91 Å². The maximum Gasteiger partial charge on any atom is 0.287 e. The predicted molar refractivity (Wildman–Crippen MR) is 85.6 cm³/mol. The molecule has 1 fully saturated rings. The number of amides is 1. The number of aryl methyl sites for hydroxylation is 1. The number of nitrogens with one attached hydrogen (secondary N) is 1. The van der Waals surface area contributed by atoms with E-state index in [4.69, 9.17) is 4.42 Å². The molecule has 0 aliphatic carbocycles. The smallest absolute Gasteiger partial charge is 0.287 e. The van der Waals surface area contributed by atoms with Crippen molar-refractivity contribution in [2.24, 2.45) is 0 Å².